The zero-order chi connectivity index (χ0) is 15.1. The second-order valence-electron chi connectivity index (χ2n) is 4.33. The normalized spacial score (nSPS) is 11.6. The van der Waals surface area contributed by atoms with E-state index in [1.54, 1.807) is 25.1 Å². The molecule has 1 aromatic rings. The highest BCUT2D eigenvalue weighted by Crippen LogP contribution is 2.28. The number of ether oxygens (including phenoxy) is 2. The van der Waals surface area contributed by atoms with Crippen LogP contribution in [-0.4, -0.2) is 30.9 Å². The summed E-state index contributed by atoms with van der Waals surface area (Å²) >= 11 is 0. The summed E-state index contributed by atoms with van der Waals surface area (Å²) in [5.41, 5.74) is 0.435. The van der Waals surface area contributed by atoms with Crippen LogP contribution in [0.5, 0.6) is 11.5 Å². The Labute approximate surface area is 119 Å². The van der Waals surface area contributed by atoms with E-state index in [1.165, 1.54) is 6.92 Å². The van der Waals surface area contributed by atoms with Crippen LogP contribution in [0.1, 0.15) is 38.1 Å². The SMILES string of the molecule is CCOc1ccc(C(=O)NC(C)C(C)=O)cc1OCC. The minimum Gasteiger partial charge on any atom is -0.490 e. The summed E-state index contributed by atoms with van der Waals surface area (Å²) < 4.78 is 10.9. The molecule has 0 heterocycles. The summed E-state index contributed by atoms with van der Waals surface area (Å²) in [4.78, 5) is 23.2. The van der Waals surface area contributed by atoms with E-state index in [0.717, 1.165) is 0 Å². The lowest BCUT2D eigenvalue weighted by Gasteiger charge is -2.14. The van der Waals surface area contributed by atoms with Gasteiger partial charge in [0, 0.05) is 5.56 Å². The van der Waals surface area contributed by atoms with Gasteiger partial charge >= 0.3 is 0 Å². The third-order valence-electron chi connectivity index (χ3n) is 2.76. The van der Waals surface area contributed by atoms with Crippen LogP contribution in [0.4, 0.5) is 0 Å². The lowest BCUT2D eigenvalue weighted by molar-refractivity contribution is -0.118. The highest BCUT2D eigenvalue weighted by molar-refractivity contribution is 5.97. The molecule has 1 N–H and O–H groups in total. The third-order valence-corrected chi connectivity index (χ3v) is 2.76. The predicted octanol–water partition coefficient (Wildman–Crippen LogP) is 2.19. The smallest absolute Gasteiger partial charge is 0.251 e. The molecule has 0 saturated carbocycles. The average molecular weight is 279 g/mol. The van der Waals surface area contributed by atoms with E-state index in [1.807, 2.05) is 13.8 Å². The number of nitrogens with one attached hydrogen (secondary N) is 1. The summed E-state index contributed by atoms with van der Waals surface area (Å²) in [5.74, 6) is 0.731. The fraction of sp³-hybridized carbons (Fsp3) is 0.467. The van der Waals surface area contributed by atoms with E-state index in [9.17, 15) is 9.59 Å². The van der Waals surface area contributed by atoms with Gasteiger partial charge in [0.15, 0.2) is 17.3 Å². The first-order valence-corrected chi connectivity index (χ1v) is 6.70. The van der Waals surface area contributed by atoms with Crippen LogP contribution < -0.4 is 14.8 Å². The van der Waals surface area contributed by atoms with Gasteiger partial charge in [-0.1, -0.05) is 0 Å². The first-order valence-electron chi connectivity index (χ1n) is 6.70. The molecule has 1 rings (SSSR count). The van der Waals surface area contributed by atoms with Crippen LogP contribution in [0, 0.1) is 0 Å². The van der Waals surface area contributed by atoms with E-state index in [-0.39, 0.29) is 11.7 Å². The molecule has 1 unspecified atom stereocenters. The number of hydrogen-bond acceptors (Lipinski definition) is 4. The maximum absolute atomic E-state index is 12.0. The number of benzene rings is 1. The van der Waals surface area contributed by atoms with Crippen molar-refractivity contribution in [1.82, 2.24) is 5.32 Å². The largest absolute Gasteiger partial charge is 0.490 e. The Hall–Kier alpha value is -2.04. The van der Waals surface area contributed by atoms with Gasteiger partial charge in [-0.05, 0) is 45.9 Å². The molecule has 0 aliphatic carbocycles. The molecular formula is C15H21NO4. The Kier molecular flexibility index (Phi) is 6.03. The molecule has 0 radical (unpaired) electrons. The summed E-state index contributed by atoms with van der Waals surface area (Å²) in [7, 11) is 0. The molecule has 1 atom stereocenters. The fourth-order valence-electron chi connectivity index (χ4n) is 1.57. The Balaban J connectivity index is 2.92. The molecule has 5 heteroatoms. The first-order chi connectivity index (χ1) is 9.49. The van der Waals surface area contributed by atoms with Crippen LogP contribution in [0.25, 0.3) is 0 Å². The van der Waals surface area contributed by atoms with Crippen LogP contribution >= 0.6 is 0 Å². The maximum atomic E-state index is 12.0. The molecule has 1 aromatic carbocycles. The van der Waals surface area contributed by atoms with Crippen molar-refractivity contribution in [1.29, 1.82) is 0 Å². The van der Waals surface area contributed by atoms with Crippen LogP contribution in [-0.2, 0) is 4.79 Å². The van der Waals surface area contributed by atoms with Crippen molar-refractivity contribution >= 4 is 11.7 Å². The van der Waals surface area contributed by atoms with Gasteiger partial charge in [0.1, 0.15) is 0 Å². The fourth-order valence-corrected chi connectivity index (χ4v) is 1.57. The standard InChI is InChI=1S/C15H21NO4/c1-5-19-13-8-7-12(9-14(13)20-6-2)15(18)16-10(3)11(4)17/h7-10H,5-6H2,1-4H3,(H,16,18). The lowest BCUT2D eigenvalue weighted by atomic mass is 10.1. The minimum atomic E-state index is -0.510. The zero-order valence-corrected chi connectivity index (χ0v) is 12.4. The highest BCUT2D eigenvalue weighted by atomic mass is 16.5. The van der Waals surface area contributed by atoms with Crippen molar-refractivity contribution < 1.29 is 19.1 Å². The molecule has 0 aromatic heterocycles. The van der Waals surface area contributed by atoms with Gasteiger partial charge < -0.3 is 14.8 Å². The van der Waals surface area contributed by atoms with E-state index < -0.39 is 6.04 Å². The molecule has 0 saturated heterocycles. The Morgan fingerprint density at radius 2 is 1.75 bits per heavy atom. The van der Waals surface area contributed by atoms with Gasteiger partial charge in [0.05, 0.1) is 19.3 Å². The number of amides is 1. The second kappa shape index (κ2) is 7.53. The van der Waals surface area contributed by atoms with Gasteiger partial charge in [-0.3, -0.25) is 9.59 Å². The third kappa shape index (κ3) is 4.26. The van der Waals surface area contributed by atoms with E-state index in [2.05, 4.69) is 5.32 Å². The first kappa shape index (κ1) is 16.0. The second-order valence-corrected chi connectivity index (χ2v) is 4.33. The Bertz CT molecular complexity index is 485. The highest BCUT2D eigenvalue weighted by Gasteiger charge is 2.15. The summed E-state index contributed by atoms with van der Waals surface area (Å²) in [6.07, 6.45) is 0. The van der Waals surface area contributed by atoms with E-state index in [0.29, 0.717) is 30.3 Å². The van der Waals surface area contributed by atoms with Gasteiger partial charge in [-0.25, -0.2) is 0 Å². The van der Waals surface area contributed by atoms with Crippen molar-refractivity contribution in [2.24, 2.45) is 0 Å². The van der Waals surface area contributed by atoms with Crippen LogP contribution in [0.3, 0.4) is 0 Å². The van der Waals surface area contributed by atoms with E-state index in [4.69, 9.17) is 9.47 Å². The topological polar surface area (TPSA) is 64.6 Å². The van der Waals surface area contributed by atoms with Crippen molar-refractivity contribution in [2.75, 3.05) is 13.2 Å². The quantitative estimate of drug-likeness (QED) is 0.831. The minimum absolute atomic E-state index is 0.0886. The van der Waals surface area contributed by atoms with E-state index >= 15 is 0 Å². The van der Waals surface area contributed by atoms with Crippen molar-refractivity contribution in [3.05, 3.63) is 23.8 Å². The number of rotatable bonds is 7. The molecule has 0 aliphatic heterocycles. The molecule has 110 valence electrons. The summed E-state index contributed by atoms with van der Waals surface area (Å²) in [5, 5.41) is 2.63. The predicted molar refractivity (Wildman–Crippen MR) is 76.4 cm³/mol. The van der Waals surface area contributed by atoms with Crippen molar-refractivity contribution in [2.45, 2.75) is 33.7 Å². The maximum Gasteiger partial charge on any atom is 0.251 e. The molecule has 0 aliphatic rings. The van der Waals surface area contributed by atoms with Gasteiger partial charge in [0.2, 0.25) is 0 Å². The molecule has 20 heavy (non-hydrogen) atoms. The molecule has 0 bridgehead atoms. The number of carbonyl (C=O) groups is 2. The molecular weight excluding hydrogens is 258 g/mol. The Morgan fingerprint density at radius 1 is 1.15 bits per heavy atom. The monoisotopic (exact) mass is 279 g/mol. The number of ketones is 1. The Morgan fingerprint density at radius 3 is 2.30 bits per heavy atom. The van der Waals surface area contributed by atoms with Gasteiger partial charge in [-0.2, -0.15) is 0 Å². The summed E-state index contributed by atoms with van der Waals surface area (Å²) in [6.45, 7) is 7.83. The molecule has 1 amide bonds. The van der Waals surface area contributed by atoms with Crippen LogP contribution in [0.2, 0.25) is 0 Å². The molecule has 5 nitrogen and oxygen atoms in total. The van der Waals surface area contributed by atoms with Crippen LogP contribution in [0.15, 0.2) is 18.2 Å². The van der Waals surface area contributed by atoms with Gasteiger partial charge in [0.25, 0.3) is 5.91 Å². The summed E-state index contributed by atoms with van der Waals surface area (Å²) in [6, 6.07) is 4.46. The van der Waals surface area contributed by atoms with Gasteiger partial charge in [-0.15, -0.1) is 0 Å². The number of carbonyl (C=O) groups excluding carboxylic acids is 2. The molecule has 0 fully saturated rings. The lowest BCUT2D eigenvalue weighted by Crippen LogP contribution is -2.37. The van der Waals surface area contributed by atoms with Crippen molar-refractivity contribution in [3.8, 4) is 11.5 Å². The number of Topliss-reactive ketones (excluding diaryl/α,β-unsaturated/α-hetero) is 1. The molecule has 0 spiro atoms. The zero-order valence-electron chi connectivity index (χ0n) is 12.4. The number of hydrogen-bond donors (Lipinski definition) is 1. The average Bonchev–Trinajstić information content (AvgIpc) is 2.41. The van der Waals surface area contributed by atoms with Crippen molar-refractivity contribution in [3.63, 3.8) is 0 Å².